The van der Waals surface area contributed by atoms with E-state index >= 15 is 0 Å². The van der Waals surface area contributed by atoms with E-state index in [1.807, 2.05) is 30.0 Å². The molecule has 164 valence electrons. The molecule has 1 amide bonds. The number of nitrogens with zero attached hydrogens (tertiary/aromatic N) is 3. The molecule has 3 aromatic heterocycles. The van der Waals surface area contributed by atoms with Crippen LogP contribution in [0.2, 0.25) is 0 Å². The molecule has 0 bridgehead atoms. The molecular weight excluding hydrogens is 447 g/mol. The van der Waals surface area contributed by atoms with Crippen molar-refractivity contribution in [3.8, 4) is 10.4 Å². The Morgan fingerprint density at radius 2 is 1.84 bits per heavy atom. The van der Waals surface area contributed by atoms with Gasteiger partial charge in [-0.1, -0.05) is 12.1 Å². The number of aromatic amines is 1. The molecule has 0 saturated carbocycles. The lowest BCUT2D eigenvalue weighted by atomic mass is 10.2. The van der Waals surface area contributed by atoms with E-state index < -0.39 is 0 Å². The lowest BCUT2D eigenvalue weighted by molar-refractivity contribution is 0.0630. The maximum Gasteiger partial charge on any atom is 0.268 e. The van der Waals surface area contributed by atoms with Gasteiger partial charge in [0.25, 0.3) is 11.5 Å². The number of amides is 1. The Kier molecular flexibility index (Phi) is 5.62. The van der Waals surface area contributed by atoms with Crippen LogP contribution in [0.3, 0.4) is 0 Å². The molecule has 1 fully saturated rings. The van der Waals surface area contributed by atoms with Crippen LogP contribution in [0.1, 0.15) is 20.4 Å². The summed E-state index contributed by atoms with van der Waals surface area (Å²) < 4.78 is 13.8. The molecule has 0 unspecified atom stereocenters. The van der Waals surface area contributed by atoms with E-state index in [0.29, 0.717) is 35.7 Å². The third kappa shape index (κ3) is 4.23. The van der Waals surface area contributed by atoms with Crippen molar-refractivity contribution in [1.82, 2.24) is 19.8 Å². The molecule has 1 aliphatic rings. The number of benzene rings is 1. The maximum absolute atomic E-state index is 13.2. The van der Waals surface area contributed by atoms with Crippen molar-refractivity contribution in [1.29, 1.82) is 0 Å². The number of fused-ring (bicyclic) bond motifs is 1. The second-order valence-electron chi connectivity index (χ2n) is 7.82. The van der Waals surface area contributed by atoms with Crippen molar-refractivity contribution >= 4 is 38.8 Å². The molecule has 1 N–H and O–H groups in total. The van der Waals surface area contributed by atoms with Crippen molar-refractivity contribution in [2.24, 2.45) is 0 Å². The molecule has 1 aliphatic heterocycles. The van der Waals surface area contributed by atoms with E-state index in [1.54, 1.807) is 12.1 Å². The zero-order valence-electron chi connectivity index (χ0n) is 17.4. The third-order valence-corrected chi connectivity index (χ3v) is 7.71. The minimum absolute atomic E-state index is 0.0855. The smallest absolute Gasteiger partial charge is 0.268 e. The van der Waals surface area contributed by atoms with E-state index in [0.717, 1.165) is 33.3 Å². The maximum atomic E-state index is 13.2. The normalized spacial score (nSPS) is 14.9. The van der Waals surface area contributed by atoms with Crippen molar-refractivity contribution in [2.45, 2.75) is 13.5 Å². The summed E-state index contributed by atoms with van der Waals surface area (Å²) in [7, 11) is 0. The Morgan fingerprint density at radius 3 is 2.53 bits per heavy atom. The van der Waals surface area contributed by atoms with E-state index in [2.05, 4.69) is 14.9 Å². The summed E-state index contributed by atoms with van der Waals surface area (Å²) in [5.74, 6) is 0.405. The zero-order valence-corrected chi connectivity index (χ0v) is 19.1. The van der Waals surface area contributed by atoms with Gasteiger partial charge in [0.1, 0.15) is 16.3 Å². The van der Waals surface area contributed by atoms with Crippen molar-refractivity contribution in [2.75, 3.05) is 26.2 Å². The molecule has 0 aliphatic carbocycles. The van der Waals surface area contributed by atoms with Crippen LogP contribution in [0, 0.1) is 12.7 Å². The summed E-state index contributed by atoms with van der Waals surface area (Å²) in [5.41, 5.74) is 1.34. The molecule has 0 atom stereocenters. The average Bonchev–Trinajstić information content (AvgIpc) is 3.41. The highest BCUT2D eigenvalue weighted by Crippen LogP contribution is 2.31. The number of hydrogen-bond acceptors (Lipinski definition) is 6. The van der Waals surface area contributed by atoms with E-state index in [-0.39, 0.29) is 17.3 Å². The van der Waals surface area contributed by atoms with E-state index in [1.165, 1.54) is 34.8 Å². The van der Waals surface area contributed by atoms with Crippen LogP contribution in [-0.2, 0) is 6.54 Å². The fraction of sp³-hybridized carbons (Fsp3) is 0.261. The first kappa shape index (κ1) is 21.0. The van der Waals surface area contributed by atoms with Crippen LogP contribution in [-0.4, -0.2) is 51.9 Å². The quantitative estimate of drug-likeness (QED) is 0.489. The van der Waals surface area contributed by atoms with Crippen LogP contribution in [0.15, 0.2) is 47.3 Å². The van der Waals surface area contributed by atoms with Gasteiger partial charge in [-0.05, 0) is 42.8 Å². The number of thiophene rings is 2. The summed E-state index contributed by atoms with van der Waals surface area (Å²) in [6.07, 6.45) is 0. The highest BCUT2D eigenvalue weighted by molar-refractivity contribution is 7.22. The van der Waals surface area contributed by atoms with Gasteiger partial charge in [0.2, 0.25) is 0 Å². The van der Waals surface area contributed by atoms with Gasteiger partial charge in [-0.2, -0.15) is 0 Å². The Morgan fingerprint density at radius 1 is 1.09 bits per heavy atom. The molecule has 32 heavy (non-hydrogen) atoms. The molecule has 0 radical (unpaired) electrons. The lowest BCUT2D eigenvalue weighted by Gasteiger charge is -2.34. The van der Waals surface area contributed by atoms with Gasteiger partial charge >= 0.3 is 0 Å². The number of aromatic nitrogens is 2. The minimum Gasteiger partial charge on any atom is -0.335 e. The summed E-state index contributed by atoms with van der Waals surface area (Å²) in [5, 5.41) is 0. The number of hydrogen-bond donors (Lipinski definition) is 1. The van der Waals surface area contributed by atoms with Gasteiger partial charge in [0.05, 0.1) is 16.9 Å². The molecule has 1 aromatic carbocycles. The standard InChI is InChI=1S/C23H21FN4O2S2/c1-14-2-7-18(31-14)23(30)28-10-8-27(9-11-28)13-20-25-17-12-19(32-21(17)22(29)26-20)15-3-5-16(24)6-4-15/h2-7,12H,8-11,13H2,1H3,(H,25,26,29). The van der Waals surface area contributed by atoms with Crippen molar-refractivity contribution in [3.63, 3.8) is 0 Å². The SMILES string of the molecule is Cc1ccc(C(=O)N2CCN(Cc3nc4cc(-c5ccc(F)cc5)sc4c(=O)[nH]3)CC2)s1. The largest absolute Gasteiger partial charge is 0.335 e. The zero-order chi connectivity index (χ0) is 22.2. The molecule has 6 nitrogen and oxygen atoms in total. The number of piperazine rings is 1. The van der Waals surface area contributed by atoms with Gasteiger partial charge in [-0.3, -0.25) is 14.5 Å². The molecule has 4 heterocycles. The number of nitrogens with one attached hydrogen (secondary N) is 1. The first-order valence-corrected chi connectivity index (χ1v) is 12.0. The minimum atomic E-state index is -0.291. The monoisotopic (exact) mass is 468 g/mol. The van der Waals surface area contributed by atoms with Gasteiger partial charge < -0.3 is 9.88 Å². The summed E-state index contributed by atoms with van der Waals surface area (Å²) in [4.78, 5) is 39.7. The van der Waals surface area contributed by atoms with Crippen LogP contribution >= 0.6 is 22.7 Å². The number of aryl methyl sites for hydroxylation is 1. The molecule has 5 rings (SSSR count). The second kappa shape index (κ2) is 8.57. The predicted molar refractivity (Wildman–Crippen MR) is 126 cm³/mol. The lowest BCUT2D eigenvalue weighted by Crippen LogP contribution is -2.48. The highest BCUT2D eigenvalue weighted by Gasteiger charge is 2.23. The van der Waals surface area contributed by atoms with Gasteiger partial charge in [0.15, 0.2) is 0 Å². The Balaban J connectivity index is 1.28. The second-order valence-corrected chi connectivity index (χ2v) is 10.2. The van der Waals surface area contributed by atoms with Gasteiger partial charge in [0, 0.05) is 35.9 Å². The topological polar surface area (TPSA) is 69.3 Å². The number of H-pyrrole nitrogens is 1. The molecule has 9 heteroatoms. The van der Waals surface area contributed by atoms with Crippen LogP contribution in [0.4, 0.5) is 4.39 Å². The average molecular weight is 469 g/mol. The summed E-state index contributed by atoms with van der Waals surface area (Å²) >= 11 is 2.88. The molecule has 0 spiro atoms. The van der Waals surface area contributed by atoms with Gasteiger partial charge in [-0.15, -0.1) is 22.7 Å². The number of carbonyl (C=O) groups is 1. The Hall–Kier alpha value is -2.88. The fourth-order valence-electron chi connectivity index (χ4n) is 3.85. The highest BCUT2D eigenvalue weighted by atomic mass is 32.1. The number of rotatable bonds is 4. The van der Waals surface area contributed by atoms with E-state index in [9.17, 15) is 14.0 Å². The van der Waals surface area contributed by atoms with Gasteiger partial charge in [-0.25, -0.2) is 9.37 Å². The van der Waals surface area contributed by atoms with Crippen molar-refractivity contribution in [3.05, 3.63) is 74.2 Å². The van der Waals surface area contributed by atoms with Crippen LogP contribution in [0.25, 0.3) is 20.7 Å². The first-order chi connectivity index (χ1) is 15.5. The number of carbonyl (C=O) groups excluding carboxylic acids is 1. The van der Waals surface area contributed by atoms with Crippen LogP contribution in [0.5, 0.6) is 0 Å². The first-order valence-electron chi connectivity index (χ1n) is 10.3. The summed E-state index contributed by atoms with van der Waals surface area (Å²) in [6, 6.07) is 12.0. The summed E-state index contributed by atoms with van der Waals surface area (Å²) in [6.45, 7) is 5.27. The Bertz CT molecular complexity index is 1330. The molecule has 4 aromatic rings. The van der Waals surface area contributed by atoms with Crippen molar-refractivity contribution < 1.29 is 9.18 Å². The molecule has 1 saturated heterocycles. The third-order valence-electron chi connectivity index (χ3n) is 5.54. The Labute approximate surface area is 192 Å². The predicted octanol–water partition coefficient (Wildman–Crippen LogP) is 4.12. The number of halogens is 1. The molecular formula is C23H21FN4O2S2. The van der Waals surface area contributed by atoms with Crippen LogP contribution < -0.4 is 5.56 Å². The fourth-order valence-corrected chi connectivity index (χ4v) is 5.68. The van der Waals surface area contributed by atoms with E-state index in [4.69, 9.17) is 0 Å².